The molecule has 13 heavy (non-hydrogen) atoms. The van der Waals surface area contributed by atoms with E-state index in [2.05, 4.69) is 0 Å². The van der Waals surface area contributed by atoms with Crippen molar-refractivity contribution in [1.29, 1.82) is 0 Å². The summed E-state index contributed by atoms with van der Waals surface area (Å²) in [4.78, 5) is 20.9. The number of phenolic OH excluding ortho intramolecular Hbond substituents is 1. The van der Waals surface area contributed by atoms with Crippen LogP contribution < -0.4 is 0 Å². The highest BCUT2D eigenvalue weighted by Crippen LogP contribution is 2.15. The fraction of sp³-hybridized carbons (Fsp3) is 0. The van der Waals surface area contributed by atoms with Gasteiger partial charge in [-0.25, -0.2) is 9.18 Å². The Labute approximate surface area is 72.2 Å². The average Bonchev–Trinajstić information content (AvgIpc) is 2.08. The summed E-state index contributed by atoms with van der Waals surface area (Å²) in [5.74, 6) is -4.46. The highest BCUT2D eigenvalue weighted by Gasteiger charge is 2.19. The lowest BCUT2D eigenvalue weighted by atomic mass is 10.1. The minimum absolute atomic E-state index is 0.356. The van der Waals surface area contributed by atoms with Crippen LogP contribution in [0.5, 0.6) is 5.75 Å². The molecule has 5 heteroatoms. The standard InChI is InChI=1S/C8H5FO4/c9-6-2-1-4(10)3-5(6)7(11)8(12)13/h1-3,10H,(H,12,13). The minimum atomic E-state index is -1.76. The van der Waals surface area contributed by atoms with Crippen LogP contribution in [0, 0.1) is 5.82 Å². The minimum Gasteiger partial charge on any atom is -0.508 e. The monoisotopic (exact) mass is 184 g/mol. The Hall–Kier alpha value is -1.91. The van der Waals surface area contributed by atoms with Crippen LogP contribution in [0.15, 0.2) is 18.2 Å². The molecule has 0 unspecified atom stereocenters. The number of benzene rings is 1. The van der Waals surface area contributed by atoms with Crippen LogP contribution >= 0.6 is 0 Å². The summed E-state index contributed by atoms with van der Waals surface area (Å²) in [6, 6.07) is 2.62. The molecule has 1 rings (SSSR count). The third kappa shape index (κ3) is 1.81. The Bertz CT molecular complexity index is 372. The molecule has 0 aliphatic rings. The first-order valence-electron chi connectivity index (χ1n) is 3.28. The SMILES string of the molecule is O=C(O)C(=O)c1cc(O)ccc1F. The van der Waals surface area contributed by atoms with Gasteiger partial charge in [0.05, 0.1) is 5.56 Å². The van der Waals surface area contributed by atoms with E-state index in [1.54, 1.807) is 0 Å². The van der Waals surface area contributed by atoms with Gasteiger partial charge in [-0.3, -0.25) is 4.79 Å². The highest BCUT2D eigenvalue weighted by atomic mass is 19.1. The topological polar surface area (TPSA) is 74.6 Å². The lowest BCUT2D eigenvalue weighted by molar-refractivity contribution is -0.131. The van der Waals surface area contributed by atoms with Gasteiger partial charge in [0.15, 0.2) is 0 Å². The van der Waals surface area contributed by atoms with Crippen molar-refractivity contribution < 1.29 is 24.2 Å². The van der Waals surface area contributed by atoms with Crippen LogP contribution in [0.25, 0.3) is 0 Å². The van der Waals surface area contributed by atoms with Crippen molar-refractivity contribution in [3.05, 3.63) is 29.6 Å². The van der Waals surface area contributed by atoms with E-state index >= 15 is 0 Å². The molecule has 0 spiro atoms. The molecular formula is C8H5FO4. The van der Waals surface area contributed by atoms with Crippen molar-refractivity contribution in [3.63, 3.8) is 0 Å². The molecule has 0 saturated heterocycles. The molecule has 0 fully saturated rings. The summed E-state index contributed by atoms with van der Waals surface area (Å²) in [6.45, 7) is 0. The van der Waals surface area contributed by atoms with E-state index in [0.717, 1.165) is 18.2 Å². The van der Waals surface area contributed by atoms with Gasteiger partial charge in [0.2, 0.25) is 0 Å². The van der Waals surface area contributed by atoms with Crippen LogP contribution in [0.4, 0.5) is 4.39 Å². The molecule has 0 bridgehead atoms. The lowest BCUT2D eigenvalue weighted by Crippen LogP contribution is -2.14. The molecule has 0 aliphatic heterocycles. The second-order valence-electron chi connectivity index (χ2n) is 2.30. The molecular weight excluding hydrogens is 179 g/mol. The van der Waals surface area contributed by atoms with E-state index in [0.29, 0.717) is 0 Å². The number of phenols is 1. The number of carboxylic acid groups (broad SMARTS) is 1. The van der Waals surface area contributed by atoms with Crippen LogP contribution in [-0.2, 0) is 4.79 Å². The Morgan fingerprint density at radius 3 is 2.46 bits per heavy atom. The van der Waals surface area contributed by atoms with Crippen molar-refractivity contribution in [2.45, 2.75) is 0 Å². The fourth-order valence-electron chi connectivity index (χ4n) is 0.802. The maximum atomic E-state index is 12.8. The third-order valence-electron chi connectivity index (χ3n) is 1.39. The molecule has 1 aromatic rings. The quantitative estimate of drug-likeness (QED) is 0.526. The molecule has 2 N–H and O–H groups in total. The van der Waals surface area contributed by atoms with Gasteiger partial charge in [-0.2, -0.15) is 0 Å². The molecule has 4 nitrogen and oxygen atoms in total. The first-order valence-corrected chi connectivity index (χ1v) is 3.28. The van der Waals surface area contributed by atoms with Crippen molar-refractivity contribution in [3.8, 4) is 5.75 Å². The molecule has 68 valence electrons. The number of halogens is 1. The second-order valence-corrected chi connectivity index (χ2v) is 2.30. The molecule has 0 amide bonds. The molecule has 0 atom stereocenters. The van der Waals surface area contributed by atoms with E-state index < -0.39 is 23.1 Å². The van der Waals surface area contributed by atoms with Gasteiger partial charge in [-0.05, 0) is 18.2 Å². The first kappa shape index (κ1) is 9.18. The number of rotatable bonds is 2. The van der Waals surface area contributed by atoms with Gasteiger partial charge in [0.1, 0.15) is 11.6 Å². The van der Waals surface area contributed by atoms with E-state index in [1.165, 1.54) is 0 Å². The van der Waals surface area contributed by atoms with E-state index in [1.807, 2.05) is 0 Å². The highest BCUT2D eigenvalue weighted by molar-refractivity contribution is 6.39. The summed E-state index contributed by atoms with van der Waals surface area (Å²) in [7, 11) is 0. The van der Waals surface area contributed by atoms with Crippen LogP contribution in [0.2, 0.25) is 0 Å². The summed E-state index contributed by atoms with van der Waals surface area (Å²) < 4.78 is 12.8. The van der Waals surface area contributed by atoms with Gasteiger partial charge in [-0.1, -0.05) is 0 Å². The fourth-order valence-corrected chi connectivity index (χ4v) is 0.802. The number of carbonyl (C=O) groups excluding carboxylic acids is 1. The Balaban J connectivity index is 3.21. The normalized spacial score (nSPS) is 9.62. The van der Waals surface area contributed by atoms with Crippen LogP contribution in [0.3, 0.4) is 0 Å². The third-order valence-corrected chi connectivity index (χ3v) is 1.39. The number of hydrogen-bond donors (Lipinski definition) is 2. The summed E-state index contributed by atoms with van der Waals surface area (Å²) >= 11 is 0. The molecule has 0 radical (unpaired) electrons. The van der Waals surface area contributed by atoms with Gasteiger partial charge in [-0.15, -0.1) is 0 Å². The molecule has 0 saturated carbocycles. The van der Waals surface area contributed by atoms with E-state index in [-0.39, 0.29) is 5.75 Å². The lowest BCUT2D eigenvalue weighted by Gasteiger charge is -1.98. The predicted molar refractivity (Wildman–Crippen MR) is 40.0 cm³/mol. The van der Waals surface area contributed by atoms with Gasteiger partial charge >= 0.3 is 5.97 Å². The van der Waals surface area contributed by atoms with Crippen molar-refractivity contribution in [2.24, 2.45) is 0 Å². The summed E-state index contributed by atoms with van der Waals surface area (Å²) in [5.41, 5.74) is -0.646. The Morgan fingerprint density at radius 2 is 1.92 bits per heavy atom. The molecule has 0 heterocycles. The zero-order chi connectivity index (χ0) is 10.0. The van der Waals surface area contributed by atoms with Crippen LogP contribution in [0.1, 0.15) is 10.4 Å². The van der Waals surface area contributed by atoms with Crippen molar-refractivity contribution in [1.82, 2.24) is 0 Å². The van der Waals surface area contributed by atoms with E-state index in [9.17, 15) is 14.0 Å². The number of hydrogen-bond acceptors (Lipinski definition) is 3. The maximum Gasteiger partial charge on any atom is 0.377 e. The smallest absolute Gasteiger partial charge is 0.377 e. The van der Waals surface area contributed by atoms with Gasteiger partial charge in [0, 0.05) is 0 Å². The van der Waals surface area contributed by atoms with E-state index in [4.69, 9.17) is 10.2 Å². The summed E-state index contributed by atoms with van der Waals surface area (Å²) in [5, 5.41) is 17.1. The summed E-state index contributed by atoms with van der Waals surface area (Å²) in [6.07, 6.45) is 0. The number of Topliss-reactive ketones (excluding diaryl/α,β-unsaturated/α-hetero) is 1. The van der Waals surface area contributed by atoms with Crippen molar-refractivity contribution in [2.75, 3.05) is 0 Å². The zero-order valence-corrected chi connectivity index (χ0v) is 6.32. The largest absolute Gasteiger partial charge is 0.508 e. The number of aliphatic carboxylic acids is 1. The number of aromatic hydroxyl groups is 1. The maximum absolute atomic E-state index is 12.8. The molecule has 1 aromatic carbocycles. The van der Waals surface area contributed by atoms with Crippen molar-refractivity contribution >= 4 is 11.8 Å². The molecule has 0 aliphatic carbocycles. The predicted octanol–water partition coefficient (Wildman–Crippen LogP) is 0.799. The molecule has 0 aromatic heterocycles. The zero-order valence-electron chi connectivity index (χ0n) is 6.32. The second kappa shape index (κ2) is 3.22. The Kier molecular flexibility index (Phi) is 2.27. The van der Waals surface area contributed by atoms with Crippen LogP contribution in [-0.4, -0.2) is 22.0 Å². The average molecular weight is 184 g/mol. The number of carboxylic acids is 1. The van der Waals surface area contributed by atoms with Gasteiger partial charge < -0.3 is 10.2 Å². The Morgan fingerprint density at radius 1 is 1.31 bits per heavy atom. The number of ketones is 1. The number of carbonyl (C=O) groups is 2. The van der Waals surface area contributed by atoms with Gasteiger partial charge in [0.25, 0.3) is 5.78 Å². The first-order chi connectivity index (χ1) is 6.02.